The fraction of sp³-hybridized carbons (Fsp3) is 0.769. The first-order chi connectivity index (χ1) is 13.7. The quantitative estimate of drug-likeness (QED) is 0.347. The van der Waals surface area contributed by atoms with Gasteiger partial charge in [0.05, 0.1) is 11.1 Å². The van der Waals surface area contributed by atoms with Crippen molar-refractivity contribution in [1.82, 2.24) is 9.80 Å². The molecule has 0 aromatic rings. The first-order valence-electron chi connectivity index (χ1n) is 11.5. The largest absolute Gasteiger partial charge is 0.297 e. The number of hydrogen-bond donors (Lipinski definition) is 0. The van der Waals surface area contributed by atoms with Crippen LogP contribution in [0.2, 0.25) is 0 Å². The number of carbonyl (C=O) groups excluding carboxylic acids is 2. The Bertz CT molecular complexity index is 606. The number of rotatable bonds is 14. The van der Waals surface area contributed by atoms with Crippen molar-refractivity contribution in [3.05, 3.63) is 24.8 Å². The van der Waals surface area contributed by atoms with Crippen molar-refractivity contribution in [2.45, 2.75) is 105 Å². The van der Waals surface area contributed by atoms with Crippen molar-refractivity contribution in [3.63, 3.8) is 0 Å². The third kappa shape index (κ3) is 6.62. The Morgan fingerprint density at radius 2 is 1.20 bits per heavy atom. The number of likely N-dealkylation sites (N-methyl/N-ethyl adjacent to an activating group) is 2. The fourth-order valence-corrected chi connectivity index (χ4v) is 4.22. The molecule has 0 fully saturated rings. The molecule has 0 bridgehead atoms. The van der Waals surface area contributed by atoms with E-state index in [0.29, 0.717) is 19.3 Å². The van der Waals surface area contributed by atoms with Crippen LogP contribution in [0.5, 0.6) is 0 Å². The van der Waals surface area contributed by atoms with Crippen molar-refractivity contribution in [3.8, 4) is 0 Å². The van der Waals surface area contributed by atoms with E-state index in [4.69, 9.17) is 0 Å². The third-order valence-corrected chi connectivity index (χ3v) is 6.66. The van der Waals surface area contributed by atoms with Gasteiger partial charge in [0.25, 0.3) is 0 Å². The Kier molecular flexibility index (Phi) is 11.4. The van der Waals surface area contributed by atoms with Crippen LogP contribution in [0.25, 0.3) is 0 Å². The highest BCUT2D eigenvalue weighted by Gasteiger charge is 2.42. The summed E-state index contributed by atoms with van der Waals surface area (Å²) in [7, 11) is 4.05. The van der Waals surface area contributed by atoms with Crippen LogP contribution < -0.4 is 0 Å². The maximum atomic E-state index is 13.3. The molecule has 0 saturated carbocycles. The number of hydrogen-bond acceptors (Lipinski definition) is 4. The van der Waals surface area contributed by atoms with Crippen LogP contribution in [0, 0.1) is 11.8 Å². The van der Waals surface area contributed by atoms with Crippen LogP contribution in [0.1, 0.15) is 81.6 Å². The van der Waals surface area contributed by atoms with E-state index in [1.165, 1.54) is 0 Å². The van der Waals surface area contributed by atoms with E-state index in [1.54, 1.807) is 0 Å². The van der Waals surface area contributed by atoms with Gasteiger partial charge in [-0.05, 0) is 68.0 Å². The summed E-state index contributed by atoms with van der Waals surface area (Å²) in [4.78, 5) is 30.7. The summed E-state index contributed by atoms with van der Waals surface area (Å²) in [6.07, 6.45) is 7.90. The van der Waals surface area contributed by atoms with Crippen molar-refractivity contribution < 1.29 is 9.59 Å². The lowest BCUT2D eigenvalue weighted by Gasteiger charge is -2.43. The summed E-state index contributed by atoms with van der Waals surface area (Å²) < 4.78 is 0. The van der Waals surface area contributed by atoms with Gasteiger partial charge >= 0.3 is 0 Å². The Morgan fingerprint density at radius 1 is 0.767 bits per heavy atom. The van der Waals surface area contributed by atoms with E-state index in [9.17, 15) is 9.59 Å². The lowest BCUT2D eigenvalue weighted by atomic mass is 9.78. The zero-order chi connectivity index (χ0) is 23.9. The molecular weight excluding hydrogens is 372 g/mol. The number of carbonyl (C=O) groups is 2. The first kappa shape index (κ1) is 28.7. The number of nitrogens with zero attached hydrogens (tertiary/aromatic N) is 2. The second-order valence-electron chi connectivity index (χ2n) is 10.1. The minimum atomic E-state index is -0.608. The molecular formula is C26H48N2O2. The summed E-state index contributed by atoms with van der Waals surface area (Å²) in [6.45, 7) is 22.3. The van der Waals surface area contributed by atoms with E-state index in [-0.39, 0.29) is 35.5 Å². The molecule has 0 amide bonds. The standard InChI is InChI=1S/C26H48N2O2/c1-13-16-26(24(30)20(4)5,28(12)22(8)9)18-15-14-17-25(10,23(29)19(2)3)27(11)21(6)7/h13-15,19-22H,1,16-18H2,2-12H3. The van der Waals surface area contributed by atoms with Crippen LogP contribution in [-0.2, 0) is 9.59 Å². The normalized spacial score (nSPS) is 16.8. The molecule has 174 valence electrons. The van der Waals surface area contributed by atoms with E-state index in [0.717, 1.165) is 0 Å². The molecule has 0 rings (SSSR count). The highest BCUT2D eigenvalue weighted by molar-refractivity contribution is 5.91. The van der Waals surface area contributed by atoms with Gasteiger partial charge in [0.15, 0.2) is 11.6 Å². The molecule has 0 aromatic carbocycles. The molecule has 4 heteroatoms. The lowest BCUT2D eigenvalue weighted by molar-refractivity contribution is -0.135. The van der Waals surface area contributed by atoms with Gasteiger partial charge in [-0.1, -0.05) is 45.9 Å². The SMILES string of the molecule is C=CCC(CC=CCC(C)(C(=O)C(C)C)N(C)C(C)C)(C(=O)C(C)C)N(C)C(C)C. The van der Waals surface area contributed by atoms with Gasteiger partial charge in [0, 0.05) is 23.9 Å². The smallest absolute Gasteiger partial charge is 0.156 e. The first-order valence-corrected chi connectivity index (χ1v) is 11.5. The van der Waals surface area contributed by atoms with Crippen LogP contribution >= 0.6 is 0 Å². The molecule has 2 atom stereocenters. The molecule has 0 aliphatic rings. The van der Waals surface area contributed by atoms with Gasteiger partial charge in [-0.3, -0.25) is 19.4 Å². The molecule has 2 unspecified atom stereocenters. The Morgan fingerprint density at radius 3 is 1.57 bits per heavy atom. The summed E-state index contributed by atoms with van der Waals surface area (Å²) in [5, 5.41) is 0. The monoisotopic (exact) mass is 420 g/mol. The lowest BCUT2D eigenvalue weighted by Crippen LogP contribution is -2.56. The fourth-order valence-electron chi connectivity index (χ4n) is 4.22. The Labute approximate surface area is 186 Å². The van der Waals surface area contributed by atoms with Gasteiger partial charge in [0.1, 0.15) is 0 Å². The summed E-state index contributed by atoms with van der Waals surface area (Å²) in [5.41, 5.74) is -1.17. The van der Waals surface area contributed by atoms with Gasteiger partial charge in [-0.15, -0.1) is 6.58 Å². The summed E-state index contributed by atoms with van der Waals surface area (Å²) in [6, 6.07) is 0.501. The third-order valence-electron chi connectivity index (χ3n) is 6.66. The summed E-state index contributed by atoms with van der Waals surface area (Å²) in [5.74, 6) is 0.403. The minimum absolute atomic E-state index is 0.0287. The molecule has 30 heavy (non-hydrogen) atoms. The maximum Gasteiger partial charge on any atom is 0.156 e. The number of Topliss-reactive ketones (excluding diaryl/α,β-unsaturated/α-hetero) is 2. The van der Waals surface area contributed by atoms with Gasteiger partial charge in [-0.25, -0.2) is 0 Å². The Balaban J connectivity index is 5.92. The zero-order valence-corrected chi connectivity index (χ0v) is 21.6. The molecule has 0 saturated heterocycles. The molecule has 0 heterocycles. The molecule has 4 nitrogen and oxygen atoms in total. The van der Waals surface area contributed by atoms with Gasteiger partial charge in [0.2, 0.25) is 0 Å². The van der Waals surface area contributed by atoms with Crippen LogP contribution in [0.4, 0.5) is 0 Å². The second kappa shape index (κ2) is 12.0. The molecule has 0 aromatic heterocycles. The van der Waals surface area contributed by atoms with E-state index < -0.39 is 11.1 Å². The second-order valence-corrected chi connectivity index (χ2v) is 10.1. The molecule has 0 aliphatic carbocycles. The molecule has 0 aliphatic heterocycles. The minimum Gasteiger partial charge on any atom is -0.297 e. The summed E-state index contributed by atoms with van der Waals surface area (Å²) >= 11 is 0. The molecule has 0 N–H and O–H groups in total. The van der Waals surface area contributed by atoms with Crippen LogP contribution in [0.3, 0.4) is 0 Å². The van der Waals surface area contributed by atoms with E-state index in [1.807, 2.05) is 54.8 Å². The van der Waals surface area contributed by atoms with Gasteiger partial charge in [-0.2, -0.15) is 0 Å². The average Bonchev–Trinajstić information content (AvgIpc) is 2.67. The molecule has 0 radical (unpaired) electrons. The van der Waals surface area contributed by atoms with Crippen LogP contribution in [-0.4, -0.2) is 58.6 Å². The van der Waals surface area contributed by atoms with Crippen molar-refractivity contribution in [2.75, 3.05) is 14.1 Å². The predicted octanol–water partition coefficient (Wildman–Crippen LogP) is 5.53. The zero-order valence-electron chi connectivity index (χ0n) is 21.6. The van der Waals surface area contributed by atoms with Crippen molar-refractivity contribution in [1.29, 1.82) is 0 Å². The maximum absolute atomic E-state index is 13.3. The van der Waals surface area contributed by atoms with Crippen LogP contribution in [0.15, 0.2) is 24.8 Å². The Hall–Kier alpha value is -1.26. The van der Waals surface area contributed by atoms with Gasteiger partial charge < -0.3 is 0 Å². The average molecular weight is 421 g/mol. The van der Waals surface area contributed by atoms with Crippen molar-refractivity contribution in [2.24, 2.45) is 11.8 Å². The number of ketones is 2. The predicted molar refractivity (Wildman–Crippen MR) is 130 cm³/mol. The topological polar surface area (TPSA) is 40.6 Å². The van der Waals surface area contributed by atoms with Crippen molar-refractivity contribution >= 4 is 11.6 Å². The highest BCUT2D eigenvalue weighted by atomic mass is 16.1. The molecule has 0 spiro atoms. The highest BCUT2D eigenvalue weighted by Crippen LogP contribution is 2.31. The van der Waals surface area contributed by atoms with E-state index >= 15 is 0 Å². The van der Waals surface area contributed by atoms with E-state index in [2.05, 4.69) is 56.2 Å².